The van der Waals surface area contributed by atoms with Gasteiger partial charge in [-0.15, -0.1) is 0 Å². The van der Waals surface area contributed by atoms with E-state index in [1.165, 1.54) is 24.0 Å². The third kappa shape index (κ3) is 13.8. The number of aliphatic hydroxyl groups excluding tert-OH is 2. The molecule has 16 heteroatoms. The van der Waals surface area contributed by atoms with E-state index < -0.39 is 102 Å². The lowest BCUT2D eigenvalue weighted by Gasteiger charge is -2.47. The first kappa shape index (κ1) is 56.1. The lowest BCUT2D eigenvalue weighted by Crippen LogP contribution is -2.64. The molecule has 5 aliphatic rings. The van der Waals surface area contributed by atoms with Crippen LogP contribution >= 0.6 is 0 Å². The summed E-state index contributed by atoms with van der Waals surface area (Å²) in [4.78, 5) is 72.9. The number of methoxy groups -OCH3 is 3. The van der Waals surface area contributed by atoms with Gasteiger partial charge in [0.2, 0.25) is 5.79 Å². The van der Waals surface area contributed by atoms with E-state index >= 15 is 0 Å². The molecule has 0 radical (unpaired) electrons. The van der Waals surface area contributed by atoms with Crippen molar-refractivity contribution in [1.29, 1.82) is 0 Å². The number of β-amino-alcohol motifs (C(OH)–C–C–N with tert-alkyl or cyclic N) is 1. The fourth-order valence-electron chi connectivity index (χ4n) is 10.6. The number of piperidine rings is 1. The fourth-order valence-corrected chi connectivity index (χ4v) is 10.6. The molecule has 14 atom stereocenters. The lowest BCUT2D eigenvalue weighted by atomic mass is 9.81. The number of cyclic esters (lactones) is 1. The fraction of sp³-hybridized carbons (Fsp3) is 0.784. The van der Waals surface area contributed by atoms with Crippen LogP contribution in [0, 0.1) is 29.6 Å². The van der Waals surface area contributed by atoms with Gasteiger partial charge in [0.15, 0.2) is 0 Å². The standard InChI is InChI=1S/C50H78N2O14.CH4/c1-10-11-12-15-35-21-29(2)20-30(3)22-42(62-8)45-43(63-9)24-32(5)50(60,66-45)46(56)47(57)52-19-14-13-16-37(52)48(58)65-44(33(6)38(54)26-39(35)55)31(4)23-34-17-18-40(41(25-34)61-7)64-49(59)51-27-36(53)28-51;/h11-12,21,23,30,32-38,40-45,53-54,60H,10,13-20,22,24-28H2,1-9H3;1H4/b12-11+,29-21+,31-23+;/t30-,32+,33+,34-,35+,37-,38-,40+,41+,42-,43-,44+,45+,50+;/m0./s1. The number of allylic oxidation sites excluding steroid dienone is 5. The number of esters is 1. The highest BCUT2D eigenvalue weighted by atomic mass is 16.7. The molecule has 3 saturated heterocycles. The predicted molar refractivity (Wildman–Crippen MR) is 250 cm³/mol. The highest BCUT2D eigenvalue weighted by Gasteiger charge is 2.56. The van der Waals surface area contributed by atoms with Gasteiger partial charge in [-0.05, 0) is 102 Å². The molecule has 3 N–H and O–H groups in total. The van der Waals surface area contributed by atoms with Gasteiger partial charge in [0.05, 0.1) is 43.6 Å². The SMILES string of the molecule is C.CC/C=C/C[C@@H]1/C=C(\C)C[C@H](C)C[C@H](OC)[C@H]2O[C@@](O)(C(=O)C(=O)N3CCCC[C@H]3C(=O)O[C@H](/C(C)=C/[C@@H]3CC[C@@H](OC(=O)N4CC(O)C4)[C@H](OC)C3)[C@H](C)[C@@H](O)CC1=O)[C@H](C)C[C@@H]2OC. The minimum Gasteiger partial charge on any atom is -0.456 e. The van der Waals surface area contributed by atoms with Gasteiger partial charge >= 0.3 is 12.1 Å². The Bertz CT molecular complexity index is 1780. The quantitative estimate of drug-likeness (QED) is 0.140. The number of Topliss-reactive ketones (excluding diaryl/α,β-unsaturated/α-hetero) is 2. The van der Waals surface area contributed by atoms with Crippen LogP contribution in [0.4, 0.5) is 4.79 Å². The van der Waals surface area contributed by atoms with Gasteiger partial charge in [0.1, 0.15) is 30.1 Å². The second-order valence-electron chi connectivity index (χ2n) is 19.8. The molecule has 0 aromatic rings. The number of aliphatic hydroxyl groups is 3. The second kappa shape index (κ2) is 25.4. The van der Waals surface area contributed by atoms with Gasteiger partial charge in [-0.25, -0.2) is 9.59 Å². The zero-order chi connectivity index (χ0) is 48.5. The number of ketones is 2. The molecule has 0 spiro atoms. The monoisotopic (exact) mass is 947 g/mol. The minimum atomic E-state index is -2.54. The molecule has 1 aliphatic carbocycles. The zero-order valence-corrected chi connectivity index (χ0v) is 40.7. The van der Waals surface area contributed by atoms with Crippen molar-refractivity contribution < 1.29 is 67.7 Å². The Morgan fingerprint density at radius 3 is 2.21 bits per heavy atom. The summed E-state index contributed by atoms with van der Waals surface area (Å²) in [5.41, 5.74) is 1.58. The van der Waals surface area contributed by atoms with Gasteiger partial charge in [-0.3, -0.25) is 14.4 Å². The van der Waals surface area contributed by atoms with Crippen LogP contribution in [0.15, 0.2) is 35.5 Å². The van der Waals surface area contributed by atoms with Gasteiger partial charge in [0.25, 0.3) is 11.7 Å². The molecule has 0 aromatic carbocycles. The van der Waals surface area contributed by atoms with Crippen molar-refractivity contribution in [2.45, 2.75) is 187 Å². The third-order valence-electron chi connectivity index (χ3n) is 14.6. The van der Waals surface area contributed by atoms with E-state index in [4.69, 9.17) is 28.4 Å². The Hall–Kier alpha value is -3.51. The molecule has 2 bridgehead atoms. The summed E-state index contributed by atoms with van der Waals surface area (Å²) >= 11 is 0. The molecular formula is C51H82N2O14. The van der Waals surface area contributed by atoms with Crippen LogP contribution in [-0.4, -0.2) is 156 Å². The largest absolute Gasteiger partial charge is 0.456 e. The molecule has 2 amide bonds. The van der Waals surface area contributed by atoms with Gasteiger partial charge in [-0.1, -0.05) is 65.0 Å². The molecule has 4 aliphatic heterocycles. The number of ether oxygens (including phenoxy) is 6. The van der Waals surface area contributed by atoms with Crippen molar-refractivity contribution in [2.24, 2.45) is 29.6 Å². The van der Waals surface area contributed by atoms with Gasteiger partial charge in [0, 0.05) is 52.0 Å². The molecule has 380 valence electrons. The van der Waals surface area contributed by atoms with E-state index in [0.29, 0.717) is 56.9 Å². The van der Waals surface area contributed by atoms with Crippen molar-refractivity contribution in [3.8, 4) is 0 Å². The smallest absolute Gasteiger partial charge is 0.410 e. The number of nitrogens with zero attached hydrogens (tertiary/aromatic N) is 2. The Labute approximate surface area is 398 Å². The number of carbonyl (C=O) groups excluding carboxylic acids is 5. The highest BCUT2D eigenvalue weighted by molar-refractivity contribution is 6.39. The van der Waals surface area contributed by atoms with Gasteiger partial charge < -0.3 is 53.5 Å². The first-order valence-corrected chi connectivity index (χ1v) is 24.2. The summed E-state index contributed by atoms with van der Waals surface area (Å²) in [7, 11) is 4.61. The summed E-state index contributed by atoms with van der Waals surface area (Å²) in [6.07, 6.45) is 6.68. The van der Waals surface area contributed by atoms with E-state index in [2.05, 4.69) is 0 Å². The van der Waals surface area contributed by atoms with Crippen LogP contribution in [0.2, 0.25) is 0 Å². The number of fused-ring (bicyclic) bond motifs is 3. The first-order chi connectivity index (χ1) is 31.3. The van der Waals surface area contributed by atoms with Gasteiger partial charge in [-0.2, -0.15) is 0 Å². The molecular weight excluding hydrogens is 865 g/mol. The lowest BCUT2D eigenvalue weighted by molar-refractivity contribution is -0.302. The van der Waals surface area contributed by atoms with Crippen molar-refractivity contribution in [2.75, 3.05) is 41.0 Å². The van der Waals surface area contributed by atoms with Crippen LogP contribution in [-0.2, 0) is 47.6 Å². The van der Waals surface area contributed by atoms with Crippen molar-refractivity contribution in [3.63, 3.8) is 0 Å². The van der Waals surface area contributed by atoms with E-state index in [1.807, 2.05) is 45.1 Å². The number of likely N-dealkylation sites (tertiary alicyclic amines) is 1. The molecule has 67 heavy (non-hydrogen) atoms. The van der Waals surface area contributed by atoms with Crippen LogP contribution in [0.5, 0.6) is 0 Å². The molecule has 1 saturated carbocycles. The maximum absolute atomic E-state index is 14.5. The Balaban J connectivity index is 0.00000980. The Kier molecular flexibility index (Phi) is 21.2. The van der Waals surface area contributed by atoms with Crippen molar-refractivity contribution in [3.05, 3.63) is 35.5 Å². The highest BCUT2D eigenvalue weighted by Crippen LogP contribution is 2.39. The van der Waals surface area contributed by atoms with Crippen molar-refractivity contribution >= 4 is 29.5 Å². The normalized spacial score (nSPS) is 37.9. The molecule has 0 aromatic heterocycles. The molecule has 5 rings (SSSR count). The van der Waals surface area contributed by atoms with E-state index in [0.717, 1.165) is 12.0 Å². The number of hydrogen-bond acceptors (Lipinski definition) is 14. The maximum atomic E-state index is 14.5. The average Bonchev–Trinajstić information content (AvgIpc) is 3.28. The number of amides is 2. The summed E-state index contributed by atoms with van der Waals surface area (Å²) in [5.74, 6) is -7.98. The van der Waals surface area contributed by atoms with Crippen LogP contribution in [0.1, 0.15) is 126 Å². The van der Waals surface area contributed by atoms with E-state index in [-0.39, 0.29) is 63.9 Å². The zero-order valence-electron chi connectivity index (χ0n) is 40.7. The molecule has 16 nitrogen and oxygen atoms in total. The number of carbonyl (C=O) groups is 5. The topological polar surface area (TPSA) is 208 Å². The molecule has 4 fully saturated rings. The molecule has 0 unspecified atom stereocenters. The summed E-state index contributed by atoms with van der Waals surface area (Å²) in [5, 5.41) is 33.7. The average molecular weight is 947 g/mol. The molecule has 4 heterocycles. The summed E-state index contributed by atoms with van der Waals surface area (Å²) in [6, 6.07) is -1.18. The summed E-state index contributed by atoms with van der Waals surface area (Å²) < 4.78 is 36.0. The van der Waals surface area contributed by atoms with Crippen molar-refractivity contribution in [1.82, 2.24) is 9.80 Å². The third-order valence-corrected chi connectivity index (χ3v) is 14.6. The Morgan fingerprint density at radius 1 is 0.896 bits per heavy atom. The van der Waals surface area contributed by atoms with E-state index in [9.17, 15) is 39.3 Å². The number of hydrogen-bond donors (Lipinski definition) is 3. The van der Waals surface area contributed by atoms with Crippen LogP contribution in [0.3, 0.4) is 0 Å². The predicted octanol–water partition coefficient (Wildman–Crippen LogP) is 5.88. The maximum Gasteiger partial charge on any atom is 0.410 e. The second-order valence-corrected chi connectivity index (χ2v) is 19.8. The van der Waals surface area contributed by atoms with Crippen LogP contribution < -0.4 is 0 Å². The van der Waals surface area contributed by atoms with E-state index in [1.54, 1.807) is 27.9 Å². The minimum absolute atomic E-state index is 0. The summed E-state index contributed by atoms with van der Waals surface area (Å²) in [6.45, 7) is 11.7. The number of rotatable bonds is 9. The van der Waals surface area contributed by atoms with Crippen LogP contribution in [0.25, 0.3) is 0 Å². The Morgan fingerprint density at radius 2 is 1.57 bits per heavy atom. The first-order valence-electron chi connectivity index (χ1n) is 24.2.